The number of carbonyl (C=O) groups excluding carboxylic acids is 4. The molecule has 0 saturated heterocycles. The first kappa shape index (κ1) is 26.2. The van der Waals surface area contributed by atoms with Crippen LogP contribution in [0.15, 0.2) is 5.10 Å². The van der Waals surface area contributed by atoms with E-state index < -0.39 is 46.9 Å². The summed E-state index contributed by atoms with van der Waals surface area (Å²) in [6.07, 6.45) is -2.41. The van der Waals surface area contributed by atoms with Crippen LogP contribution in [0.25, 0.3) is 0 Å². The number of nitrogens with one attached hydrogen (secondary N) is 1. The predicted molar refractivity (Wildman–Crippen MR) is 110 cm³/mol. The molecule has 1 heterocycles. The fraction of sp³-hybridized carbons (Fsp3) is 0.750. The average molecular weight is 443 g/mol. The van der Waals surface area contributed by atoms with E-state index in [4.69, 9.17) is 18.9 Å². The summed E-state index contributed by atoms with van der Waals surface area (Å²) in [6.45, 7) is 13.0. The van der Waals surface area contributed by atoms with Crippen LogP contribution >= 0.6 is 0 Å². The molecule has 0 unspecified atom stereocenters. The maximum absolute atomic E-state index is 12.9. The number of nitrogens with zero attached hydrogens (tertiary/aromatic N) is 2. The van der Waals surface area contributed by atoms with E-state index in [1.165, 1.54) is 6.92 Å². The van der Waals surface area contributed by atoms with Crippen LogP contribution in [0.3, 0.4) is 0 Å². The van der Waals surface area contributed by atoms with Crippen LogP contribution in [0, 0.1) is 5.92 Å². The van der Waals surface area contributed by atoms with Gasteiger partial charge in [-0.2, -0.15) is 10.1 Å². The summed E-state index contributed by atoms with van der Waals surface area (Å²) in [5, 5.41) is 7.18. The summed E-state index contributed by atoms with van der Waals surface area (Å²) in [5.41, 5.74) is -3.82. The van der Waals surface area contributed by atoms with Gasteiger partial charge in [0.1, 0.15) is 17.1 Å². The van der Waals surface area contributed by atoms with Crippen molar-refractivity contribution in [3.8, 4) is 0 Å². The Balaban J connectivity index is 3.57. The van der Waals surface area contributed by atoms with Crippen molar-refractivity contribution in [2.45, 2.75) is 78.7 Å². The molecule has 0 aliphatic carbocycles. The van der Waals surface area contributed by atoms with E-state index in [1.807, 2.05) is 0 Å². The first-order valence-corrected chi connectivity index (χ1v) is 9.91. The van der Waals surface area contributed by atoms with Crippen molar-refractivity contribution in [3.63, 3.8) is 0 Å². The molecule has 1 N–H and O–H groups in total. The van der Waals surface area contributed by atoms with E-state index in [0.29, 0.717) is 5.01 Å². The molecule has 176 valence electrons. The molecule has 0 aromatic carbocycles. The number of alkyl carbamates (subject to hydrolysis) is 1. The fourth-order valence-corrected chi connectivity index (χ4v) is 2.81. The van der Waals surface area contributed by atoms with Gasteiger partial charge in [-0.15, -0.1) is 0 Å². The van der Waals surface area contributed by atoms with Gasteiger partial charge in [-0.3, -0.25) is 10.1 Å². The zero-order chi connectivity index (χ0) is 24.2. The Hall–Kier alpha value is -2.85. The second-order valence-corrected chi connectivity index (χ2v) is 9.02. The van der Waals surface area contributed by atoms with Crippen molar-refractivity contribution >= 4 is 29.8 Å². The zero-order valence-corrected chi connectivity index (χ0v) is 19.7. The maximum atomic E-state index is 12.9. The lowest BCUT2D eigenvalue weighted by Gasteiger charge is -2.43. The molecule has 0 saturated carbocycles. The SMILES string of the molecule is CCOC(=O)[C@@H]1C[C@](NC(=O)OC(C)(C)C)(C(=O)OC)N(C(=O)OC(C)(C)C)N=C1C. The summed E-state index contributed by atoms with van der Waals surface area (Å²) in [7, 11) is 1.08. The van der Waals surface area contributed by atoms with Crippen molar-refractivity contribution in [1.82, 2.24) is 10.3 Å². The molecule has 2 amide bonds. The lowest BCUT2D eigenvalue weighted by atomic mass is 9.88. The number of rotatable bonds is 4. The minimum Gasteiger partial charge on any atom is -0.466 e. The third kappa shape index (κ3) is 6.83. The van der Waals surface area contributed by atoms with Gasteiger partial charge in [-0.1, -0.05) is 0 Å². The van der Waals surface area contributed by atoms with E-state index >= 15 is 0 Å². The van der Waals surface area contributed by atoms with Crippen LogP contribution in [-0.4, -0.2) is 65.4 Å². The number of methoxy groups -OCH3 is 1. The molecule has 1 aliphatic rings. The van der Waals surface area contributed by atoms with E-state index in [1.54, 1.807) is 48.5 Å². The van der Waals surface area contributed by atoms with Crippen LogP contribution in [-0.2, 0) is 28.5 Å². The molecule has 31 heavy (non-hydrogen) atoms. The molecule has 11 heteroatoms. The summed E-state index contributed by atoms with van der Waals surface area (Å²) < 4.78 is 20.6. The predicted octanol–water partition coefficient (Wildman–Crippen LogP) is 2.58. The lowest BCUT2D eigenvalue weighted by molar-refractivity contribution is -0.162. The molecule has 1 rings (SSSR count). The minimum atomic E-state index is -2.20. The van der Waals surface area contributed by atoms with Crippen molar-refractivity contribution in [2.24, 2.45) is 11.0 Å². The number of hydrazone groups is 1. The Morgan fingerprint density at radius 2 is 1.65 bits per heavy atom. The molecule has 2 atom stereocenters. The van der Waals surface area contributed by atoms with Crippen molar-refractivity contribution in [3.05, 3.63) is 0 Å². The summed E-state index contributed by atoms with van der Waals surface area (Å²) in [4.78, 5) is 51.0. The first-order valence-electron chi connectivity index (χ1n) is 9.91. The quantitative estimate of drug-likeness (QED) is 0.518. The highest BCUT2D eigenvalue weighted by Gasteiger charge is 2.57. The standard InChI is InChI=1S/C20H33N3O8/c1-10-29-14(24)13-11-20(15(25)28-9,21-16(26)30-18(3,4)5)23(22-12(13)2)17(27)31-19(6,7)8/h13H,10-11H2,1-9H3,(H,21,26)/t13-,20-/m1/s1. The first-order chi connectivity index (χ1) is 14.1. The Morgan fingerprint density at radius 1 is 1.10 bits per heavy atom. The number of ether oxygens (including phenoxy) is 4. The normalized spacial score (nSPS) is 21.5. The lowest BCUT2D eigenvalue weighted by Crippen LogP contribution is -2.69. The van der Waals surface area contributed by atoms with Gasteiger partial charge in [0.05, 0.1) is 19.4 Å². The van der Waals surface area contributed by atoms with Gasteiger partial charge in [0.2, 0.25) is 5.66 Å². The van der Waals surface area contributed by atoms with Crippen LogP contribution < -0.4 is 5.32 Å². The highest BCUT2D eigenvalue weighted by molar-refractivity contribution is 6.04. The molecule has 0 radical (unpaired) electrons. The van der Waals surface area contributed by atoms with E-state index in [0.717, 1.165) is 7.11 Å². The maximum Gasteiger partial charge on any atom is 0.433 e. The van der Waals surface area contributed by atoms with Gasteiger partial charge in [0.25, 0.3) is 0 Å². The van der Waals surface area contributed by atoms with Gasteiger partial charge in [0.15, 0.2) is 0 Å². The van der Waals surface area contributed by atoms with Gasteiger partial charge >= 0.3 is 24.1 Å². The fourth-order valence-electron chi connectivity index (χ4n) is 2.81. The van der Waals surface area contributed by atoms with Gasteiger partial charge in [-0.05, 0) is 55.4 Å². The Bertz CT molecular complexity index is 751. The van der Waals surface area contributed by atoms with Crippen LogP contribution in [0.1, 0.15) is 61.8 Å². The number of hydrogen-bond donors (Lipinski definition) is 1. The summed E-state index contributed by atoms with van der Waals surface area (Å²) in [5.74, 6) is -2.71. The van der Waals surface area contributed by atoms with E-state index in [2.05, 4.69) is 10.4 Å². The third-order valence-corrected chi connectivity index (χ3v) is 3.99. The second kappa shape index (κ2) is 9.52. The van der Waals surface area contributed by atoms with Gasteiger partial charge in [0, 0.05) is 6.42 Å². The summed E-state index contributed by atoms with van der Waals surface area (Å²) >= 11 is 0. The number of hydrogen-bond acceptors (Lipinski definition) is 9. The highest BCUT2D eigenvalue weighted by Crippen LogP contribution is 2.33. The number of esters is 2. The smallest absolute Gasteiger partial charge is 0.433 e. The van der Waals surface area contributed by atoms with Crippen LogP contribution in [0.2, 0.25) is 0 Å². The van der Waals surface area contributed by atoms with E-state index in [-0.39, 0.29) is 18.7 Å². The average Bonchev–Trinajstić information content (AvgIpc) is 2.59. The Kier molecular flexibility index (Phi) is 8.05. The largest absolute Gasteiger partial charge is 0.466 e. The van der Waals surface area contributed by atoms with Crippen molar-refractivity contribution in [1.29, 1.82) is 0 Å². The van der Waals surface area contributed by atoms with Crippen LogP contribution in [0.5, 0.6) is 0 Å². The number of amides is 2. The molecular formula is C20H33N3O8. The topological polar surface area (TPSA) is 133 Å². The summed E-state index contributed by atoms with van der Waals surface area (Å²) in [6, 6.07) is 0. The molecular weight excluding hydrogens is 410 g/mol. The monoisotopic (exact) mass is 443 g/mol. The second-order valence-electron chi connectivity index (χ2n) is 9.02. The van der Waals surface area contributed by atoms with Crippen LogP contribution in [0.4, 0.5) is 9.59 Å². The molecule has 11 nitrogen and oxygen atoms in total. The molecule has 0 bridgehead atoms. The number of carbonyl (C=O) groups is 4. The van der Waals surface area contributed by atoms with Crippen molar-refractivity contribution in [2.75, 3.05) is 13.7 Å². The van der Waals surface area contributed by atoms with Crippen molar-refractivity contribution < 1.29 is 38.1 Å². The Morgan fingerprint density at radius 3 is 2.10 bits per heavy atom. The molecule has 1 aliphatic heterocycles. The molecule has 0 fully saturated rings. The van der Waals surface area contributed by atoms with Gasteiger partial charge in [-0.25, -0.2) is 14.4 Å². The third-order valence-electron chi connectivity index (χ3n) is 3.99. The molecule has 0 aromatic heterocycles. The molecule has 0 spiro atoms. The van der Waals surface area contributed by atoms with Gasteiger partial charge < -0.3 is 18.9 Å². The Labute approximate surface area is 182 Å². The van der Waals surface area contributed by atoms with E-state index in [9.17, 15) is 19.2 Å². The molecule has 0 aromatic rings. The minimum absolute atomic E-state index is 0.100. The highest BCUT2D eigenvalue weighted by atomic mass is 16.6. The zero-order valence-electron chi connectivity index (χ0n) is 19.7.